The molecule has 1 aliphatic heterocycles. The largest absolute Gasteiger partial charge is 0.372 e. The normalized spacial score (nSPS) is 15.0. The van der Waals surface area contributed by atoms with E-state index in [1.807, 2.05) is 12.1 Å². The molecule has 0 radical (unpaired) electrons. The Morgan fingerprint density at radius 2 is 1.83 bits per heavy atom. The number of carbonyl (C=O) groups is 1. The van der Waals surface area contributed by atoms with Crippen LogP contribution < -0.4 is 15.5 Å². The lowest BCUT2D eigenvalue weighted by Crippen LogP contribution is -2.29. The van der Waals surface area contributed by atoms with Gasteiger partial charge in [0.15, 0.2) is 0 Å². The molecule has 2 rings (SSSR count). The van der Waals surface area contributed by atoms with Crippen LogP contribution in [0.4, 0.5) is 16.2 Å². The van der Waals surface area contributed by atoms with Crippen LogP contribution in [0.3, 0.4) is 0 Å². The van der Waals surface area contributed by atoms with Gasteiger partial charge in [-0.25, -0.2) is 4.79 Å². The van der Waals surface area contributed by atoms with E-state index in [-0.39, 0.29) is 6.03 Å². The van der Waals surface area contributed by atoms with Crippen LogP contribution in [-0.2, 0) is 0 Å². The topological polar surface area (TPSA) is 44.4 Å². The molecule has 0 saturated carbocycles. The summed E-state index contributed by atoms with van der Waals surface area (Å²) in [6.07, 6.45) is 5.22. The van der Waals surface area contributed by atoms with Gasteiger partial charge in [0.25, 0.3) is 0 Å². The highest BCUT2D eigenvalue weighted by Gasteiger charge is 2.10. The second kappa shape index (κ2) is 6.10. The summed E-state index contributed by atoms with van der Waals surface area (Å²) in [5.41, 5.74) is 2.01. The summed E-state index contributed by atoms with van der Waals surface area (Å²) >= 11 is 0. The van der Waals surface area contributed by atoms with Gasteiger partial charge in [0.05, 0.1) is 0 Å². The maximum absolute atomic E-state index is 11.3. The molecule has 2 amide bonds. The molecule has 0 spiro atoms. The zero-order valence-electron chi connectivity index (χ0n) is 10.5. The first-order valence-corrected chi connectivity index (χ1v) is 6.33. The number of carbonyl (C=O) groups excluding carboxylic acids is 1. The van der Waals surface area contributed by atoms with Crippen molar-refractivity contribution in [3.8, 4) is 0 Å². The fourth-order valence-electron chi connectivity index (χ4n) is 2.17. The third-order valence-corrected chi connectivity index (χ3v) is 3.08. The first-order valence-electron chi connectivity index (χ1n) is 6.33. The fraction of sp³-hybridized carbons (Fsp3) is 0.357. The molecule has 1 fully saturated rings. The average Bonchev–Trinajstić information content (AvgIpc) is 2.41. The first kappa shape index (κ1) is 12.5. The predicted molar refractivity (Wildman–Crippen MR) is 74.9 cm³/mol. The van der Waals surface area contributed by atoms with Crippen molar-refractivity contribution in [3.05, 3.63) is 37.0 Å². The van der Waals surface area contributed by atoms with Crippen LogP contribution in [0, 0.1) is 0 Å². The number of urea groups is 1. The highest BCUT2D eigenvalue weighted by Crippen LogP contribution is 2.21. The van der Waals surface area contributed by atoms with Gasteiger partial charge in [-0.2, -0.15) is 0 Å². The second-order valence-corrected chi connectivity index (χ2v) is 4.40. The summed E-state index contributed by atoms with van der Waals surface area (Å²) < 4.78 is 0. The summed E-state index contributed by atoms with van der Waals surface area (Å²) in [7, 11) is 0. The van der Waals surface area contributed by atoms with Crippen LogP contribution in [-0.4, -0.2) is 19.1 Å². The molecule has 1 aromatic rings. The maximum atomic E-state index is 11.3. The van der Waals surface area contributed by atoms with Gasteiger partial charge in [-0.15, -0.1) is 0 Å². The fourth-order valence-corrected chi connectivity index (χ4v) is 2.17. The molecule has 0 aromatic heterocycles. The molecule has 0 bridgehead atoms. The Kier molecular flexibility index (Phi) is 4.23. The molecule has 4 nitrogen and oxygen atoms in total. The number of nitrogens with one attached hydrogen (secondary N) is 2. The molecule has 1 aliphatic rings. The van der Waals surface area contributed by atoms with Crippen LogP contribution in [0.25, 0.3) is 0 Å². The molecule has 1 heterocycles. The summed E-state index contributed by atoms with van der Waals surface area (Å²) in [6.45, 7) is 5.70. The number of anilines is 2. The van der Waals surface area contributed by atoms with Crippen molar-refractivity contribution in [2.75, 3.05) is 23.3 Å². The number of benzene rings is 1. The lowest BCUT2D eigenvalue weighted by molar-refractivity contribution is 0.255. The van der Waals surface area contributed by atoms with E-state index in [1.54, 1.807) is 0 Å². The number of piperidine rings is 1. The summed E-state index contributed by atoms with van der Waals surface area (Å²) in [5.74, 6) is 0. The van der Waals surface area contributed by atoms with Crippen LogP contribution in [0.15, 0.2) is 37.0 Å². The Morgan fingerprint density at radius 3 is 2.44 bits per heavy atom. The van der Waals surface area contributed by atoms with E-state index < -0.39 is 0 Å². The van der Waals surface area contributed by atoms with E-state index in [2.05, 4.69) is 34.2 Å². The predicted octanol–water partition coefficient (Wildman–Crippen LogP) is 2.94. The van der Waals surface area contributed by atoms with Crippen molar-refractivity contribution < 1.29 is 4.79 Å². The zero-order chi connectivity index (χ0) is 12.8. The Bertz CT molecular complexity index is 408. The Balaban J connectivity index is 1.96. The smallest absolute Gasteiger partial charge is 0.323 e. The van der Waals surface area contributed by atoms with Crippen LogP contribution in [0.2, 0.25) is 0 Å². The molecule has 0 unspecified atom stereocenters. The van der Waals surface area contributed by atoms with Crippen molar-refractivity contribution >= 4 is 17.4 Å². The standard InChI is InChI=1S/C14H19N3O/c1-2-15-14(18)16-12-6-8-13(9-7-12)17-10-4-3-5-11-17/h2,6-9H,1,3-5,10-11H2,(H2,15,16,18). The van der Waals surface area contributed by atoms with Crippen LogP contribution in [0.1, 0.15) is 19.3 Å². The molecule has 0 aliphatic carbocycles. The molecule has 1 aromatic carbocycles. The minimum absolute atomic E-state index is 0.268. The van der Waals surface area contributed by atoms with E-state index in [4.69, 9.17) is 0 Å². The summed E-state index contributed by atoms with van der Waals surface area (Å²) in [4.78, 5) is 13.7. The van der Waals surface area contributed by atoms with E-state index in [0.717, 1.165) is 18.8 Å². The highest BCUT2D eigenvalue weighted by molar-refractivity contribution is 5.90. The minimum Gasteiger partial charge on any atom is -0.372 e. The molecule has 4 heteroatoms. The number of amides is 2. The molecule has 0 atom stereocenters. The van der Waals surface area contributed by atoms with Crippen molar-refractivity contribution in [1.82, 2.24) is 5.32 Å². The van der Waals surface area contributed by atoms with Gasteiger partial charge in [-0.05, 0) is 49.7 Å². The Morgan fingerprint density at radius 1 is 1.17 bits per heavy atom. The zero-order valence-corrected chi connectivity index (χ0v) is 10.5. The summed E-state index contributed by atoms with van der Waals surface area (Å²) in [6, 6.07) is 7.68. The number of nitrogens with zero attached hydrogens (tertiary/aromatic N) is 1. The molecular formula is C14H19N3O. The van der Waals surface area contributed by atoms with Gasteiger partial charge in [0.1, 0.15) is 0 Å². The number of hydrogen-bond donors (Lipinski definition) is 2. The van der Waals surface area contributed by atoms with E-state index in [1.165, 1.54) is 31.1 Å². The third-order valence-electron chi connectivity index (χ3n) is 3.08. The van der Waals surface area contributed by atoms with Crippen LogP contribution in [0.5, 0.6) is 0 Å². The van der Waals surface area contributed by atoms with E-state index in [9.17, 15) is 4.79 Å². The van der Waals surface area contributed by atoms with Gasteiger partial charge >= 0.3 is 6.03 Å². The number of rotatable bonds is 3. The van der Waals surface area contributed by atoms with Crippen molar-refractivity contribution in [1.29, 1.82) is 0 Å². The maximum Gasteiger partial charge on any atom is 0.323 e. The van der Waals surface area contributed by atoms with E-state index >= 15 is 0 Å². The van der Waals surface area contributed by atoms with Crippen molar-refractivity contribution in [2.24, 2.45) is 0 Å². The minimum atomic E-state index is -0.268. The van der Waals surface area contributed by atoms with Crippen molar-refractivity contribution in [3.63, 3.8) is 0 Å². The van der Waals surface area contributed by atoms with Crippen LogP contribution >= 0.6 is 0 Å². The van der Waals surface area contributed by atoms with Gasteiger partial charge in [-0.3, -0.25) is 0 Å². The first-order chi connectivity index (χ1) is 8.79. The van der Waals surface area contributed by atoms with Crippen molar-refractivity contribution in [2.45, 2.75) is 19.3 Å². The monoisotopic (exact) mass is 245 g/mol. The third kappa shape index (κ3) is 3.26. The molecule has 96 valence electrons. The molecule has 2 N–H and O–H groups in total. The van der Waals surface area contributed by atoms with Gasteiger partial charge in [-0.1, -0.05) is 6.58 Å². The Hall–Kier alpha value is -1.97. The summed E-state index contributed by atoms with van der Waals surface area (Å²) in [5, 5.41) is 5.21. The Labute approximate surface area is 108 Å². The lowest BCUT2D eigenvalue weighted by atomic mass is 10.1. The SMILES string of the molecule is C=CNC(=O)Nc1ccc(N2CCCCC2)cc1. The van der Waals surface area contributed by atoms with Gasteiger partial charge in [0.2, 0.25) is 0 Å². The number of hydrogen-bond acceptors (Lipinski definition) is 2. The van der Waals surface area contributed by atoms with E-state index in [0.29, 0.717) is 0 Å². The average molecular weight is 245 g/mol. The molecule has 18 heavy (non-hydrogen) atoms. The lowest BCUT2D eigenvalue weighted by Gasteiger charge is -2.28. The van der Waals surface area contributed by atoms with Gasteiger partial charge in [0, 0.05) is 24.5 Å². The van der Waals surface area contributed by atoms with Gasteiger partial charge < -0.3 is 15.5 Å². The molecular weight excluding hydrogens is 226 g/mol. The molecule has 1 saturated heterocycles. The highest BCUT2D eigenvalue weighted by atomic mass is 16.2. The second-order valence-electron chi connectivity index (χ2n) is 4.40. The quantitative estimate of drug-likeness (QED) is 0.860.